The molecule has 0 spiro atoms. The summed E-state index contributed by atoms with van der Waals surface area (Å²) in [6.07, 6.45) is 9.39. The van der Waals surface area contributed by atoms with Crippen LogP contribution in [0.5, 0.6) is 11.5 Å². The average Bonchev–Trinajstić information content (AvgIpc) is 3.43. The number of nitrogens with zero attached hydrogens (tertiary/aromatic N) is 1. The van der Waals surface area contributed by atoms with Gasteiger partial charge in [-0.3, -0.25) is 5.43 Å². The van der Waals surface area contributed by atoms with Crippen molar-refractivity contribution in [1.29, 1.82) is 0 Å². The van der Waals surface area contributed by atoms with E-state index in [2.05, 4.69) is 54.4 Å². The molecular formula is C29H35N3O3S. The predicted octanol–water partition coefficient (Wildman–Crippen LogP) is 4.94. The van der Waals surface area contributed by atoms with E-state index in [1.807, 2.05) is 13.0 Å². The lowest BCUT2D eigenvalue weighted by Crippen LogP contribution is -2.50. The second-order valence-electron chi connectivity index (χ2n) is 10.5. The van der Waals surface area contributed by atoms with Crippen LogP contribution in [0.4, 0.5) is 0 Å². The number of allylic oxidation sites excluding steroid dienone is 4. The Labute approximate surface area is 219 Å². The first kappa shape index (κ1) is 24.9. The van der Waals surface area contributed by atoms with Crippen LogP contribution >= 0.6 is 12.2 Å². The highest BCUT2D eigenvalue weighted by Gasteiger charge is 2.62. The summed E-state index contributed by atoms with van der Waals surface area (Å²) in [6, 6.07) is 6.33. The summed E-state index contributed by atoms with van der Waals surface area (Å²) >= 11 is 4.86. The molecule has 1 aliphatic heterocycles. The van der Waals surface area contributed by atoms with E-state index >= 15 is 0 Å². The molecule has 1 aromatic rings. The van der Waals surface area contributed by atoms with Crippen molar-refractivity contribution in [3.05, 3.63) is 46.6 Å². The van der Waals surface area contributed by atoms with Gasteiger partial charge in [-0.25, -0.2) is 0 Å². The van der Waals surface area contributed by atoms with E-state index in [1.54, 1.807) is 6.21 Å². The summed E-state index contributed by atoms with van der Waals surface area (Å²) in [4.78, 5) is 0. The van der Waals surface area contributed by atoms with Gasteiger partial charge in [0.25, 0.3) is 0 Å². The Morgan fingerprint density at radius 2 is 2.14 bits per heavy atom. The maximum absolute atomic E-state index is 11.8. The van der Waals surface area contributed by atoms with Gasteiger partial charge in [-0.05, 0) is 104 Å². The van der Waals surface area contributed by atoms with Crippen LogP contribution in [-0.2, 0) is 0 Å². The van der Waals surface area contributed by atoms with Crippen LogP contribution < -0.4 is 20.6 Å². The molecule has 5 atom stereocenters. The van der Waals surface area contributed by atoms with E-state index in [4.69, 9.17) is 27.4 Å². The smallest absolute Gasteiger partial charge is 0.231 e. The number of hydrogen-bond donors (Lipinski definition) is 3. The molecule has 5 rings (SSSR count). The maximum Gasteiger partial charge on any atom is 0.231 e. The van der Waals surface area contributed by atoms with Crippen LogP contribution in [0.1, 0.15) is 70.8 Å². The van der Waals surface area contributed by atoms with Gasteiger partial charge in [0.2, 0.25) is 6.79 Å². The van der Waals surface area contributed by atoms with Crippen LogP contribution in [-0.4, -0.2) is 28.8 Å². The highest BCUT2D eigenvalue weighted by atomic mass is 32.1. The third kappa shape index (κ3) is 4.01. The van der Waals surface area contributed by atoms with Gasteiger partial charge in [-0.1, -0.05) is 31.4 Å². The number of rotatable bonds is 4. The molecule has 0 radical (unpaired) electrons. The Bertz CT molecular complexity index is 1230. The molecule has 1 heterocycles. The summed E-state index contributed by atoms with van der Waals surface area (Å²) in [7, 11) is 0. The van der Waals surface area contributed by atoms with Gasteiger partial charge in [0, 0.05) is 17.5 Å². The average molecular weight is 506 g/mol. The number of fused-ring (bicyclic) bond motifs is 4. The highest BCUT2D eigenvalue weighted by molar-refractivity contribution is 7.80. The first-order chi connectivity index (χ1) is 17.3. The Hall–Kier alpha value is -2.82. The minimum absolute atomic E-state index is 0.153. The minimum atomic E-state index is -0.964. The molecule has 2 saturated carbocycles. The van der Waals surface area contributed by atoms with E-state index in [9.17, 15) is 5.11 Å². The predicted molar refractivity (Wildman–Crippen MR) is 146 cm³/mol. The topological polar surface area (TPSA) is 89.1 Å². The van der Waals surface area contributed by atoms with E-state index in [1.165, 1.54) is 22.3 Å². The molecule has 36 heavy (non-hydrogen) atoms. The zero-order valence-electron chi connectivity index (χ0n) is 21.3. The van der Waals surface area contributed by atoms with Crippen LogP contribution in [0.2, 0.25) is 0 Å². The van der Waals surface area contributed by atoms with Crippen molar-refractivity contribution in [3.8, 4) is 23.3 Å². The third-order valence-electron chi connectivity index (χ3n) is 8.94. The van der Waals surface area contributed by atoms with Gasteiger partial charge in [0.15, 0.2) is 16.6 Å². The van der Waals surface area contributed by atoms with Gasteiger partial charge in [-0.15, -0.1) is 5.92 Å². The molecule has 6 nitrogen and oxygen atoms in total. The molecule has 3 aliphatic carbocycles. The Kier molecular flexibility index (Phi) is 6.61. The quantitative estimate of drug-likeness (QED) is 0.233. The zero-order valence-corrected chi connectivity index (χ0v) is 22.1. The summed E-state index contributed by atoms with van der Waals surface area (Å²) in [6.45, 7) is 6.60. The maximum atomic E-state index is 11.8. The van der Waals surface area contributed by atoms with Crippen molar-refractivity contribution in [2.75, 3.05) is 6.79 Å². The second-order valence-corrected chi connectivity index (χ2v) is 11.0. The third-order valence-corrected chi connectivity index (χ3v) is 9.03. The van der Waals surface area contributed by atoms with E-state index in [0.29, 0.717) is 11.8 Å². The van der Waals surface area contributed by atoms with Crippen LogP contribution in [0, 0.1) is 29.1 Å². The number of benzene rings is 1. The minimum Gasteiger partial charge on any atom is -0.454 e. The lowest BCUT2D eigenvalue weighted by molar-refractivity contribution is -0.0513. The van der Waals surface area contributed by atoms with Gasteiger partial charge in [-0.2, -0.15) is 5.10 Å². The van der Waals surface area contributed by atoms with Crippen LogP contribution in [0.15, 0.2) is 46.1 Å². The molecule has 0 amide bonds. The number of ether oxygens (including phenoxy) is 2. The van der Waals surface area contributed by atoms with Crippen molar-refractivity contribution >= 4 is 23.5 Å². The molecule has 4 N–H and O–H groups in total. The van der Waals surface area contributed by atoms with Gasteiger partial charge < -0.3 is 20.3 Å². The first-order valence-electron chi connectivity index (χ1n) is 12.9. The molecule has 2 fully saturated rings. The molecule has 7 heteroatoms. The van der Waals surface area contributed by atoms with Crippen molar-refractivity contribution in [3.63, 3.8) is 0 Å². The second kappa shape index (κ2) is 9.57. The number of nitrogens with one attached hydrogen (secondary N) is 1. The lowest BCUT2D eigenvalue weighted by Gasteiger charge is -2.53. The monoisotopic (exact) mass is 505 g/mol. The Morgan fingerprint density at radius 1 is 1.33 bits per heavy atom. The largest absolute Gasteiger partial charge is 0.454 e. The summed E-state index contributed by atoms with van der Waals surface area (Å²) < 4.78 is 11.3. The van der Waals surface area contributed by atoms with Gasteiger partial charge in [0.05, 0.1) is 0 Å². The fourth-order valence-corrected chi connectivity index (χ4v) is 7.42. The molecule has 1 unspecified atom stereocenters. The summed E-state index contributed by atoms with van der Waals surface area (Å²) in [5.41, 5.74) is 12.4. The first-order valence-corrected chi connectivity index (χ1v) is 13.3. The highest BCUT2D eigenvalue weighted by Crippen LogP contribution is 2.66. The number of hydrogen-bond acceptors (Lipinski definition) is 5. The van der Waals surface area contributed by atoms with Crippen LogP contribution in [0.25, 0.3) is 0 Å². The molecule has 0 bridgehead atoms. The Morgan fingerprint density at radius 3 is 2.89 bits per heavy atom. The summed E-state index contributed by atoms with van der Waals surface area (Å²) in [5, 5.41) is 16.1. The molecular weight excluding hydrogens is 470 g/mol. The van der Waals surface area contributed by atoms with E-state index in [-0.39, 0.29) is 23.2 Å². The normalized spacial score (nSPS) is 33.8. The van der Waals surface area contributed by atoms with Crippen molar-refractivity contribution in [2.45, 2.75) is 70.8 Å². The van der Waals surface area contributed by atoms with Crippen molar-refractivity contribution in [2.24, 2.45) is 28.1 Å². The van der Waals surface area contributed by atoms with Crippen LogP contribution in [0.3, 0.4) is 0 Å². The van der Waals surface area contributed by atoms with E-state index in [0.717, 1.165) is 50.0 Å². The molecule has 1 aromatic carbocycles. The number of hydrazone groups is 1. The van der Waals surface area contributed by atoms with Gasteiger partial charge >= 0.3 is 0 Å². The van der Waals surface area contributed by atoms with Crippen molar-refractivity contribution in [1.82, 2.24) is 5.43 Å². The molecule has 0 aromatic heterocycles. The SMILES string of the molecule is CC#C[C@]1(O)CC[C@H]2[C@@H]3CC/C(=C/C=NNC(N)=S)C(CC)=C3C(c3ccc4c(c3)OCO4)C[C@@]21C. The fourth-order valence-electron chi connectivity index (χ4n) is 7.37. The number of thiocarbonyl (C=S) groups is 1. The standard InChI is InChI=1S/C29H35N3O3S/c1-4-12-29(33)13-10-23-21-8-6-18(11-14-31-32-27(30)36)20(5-2)26(21)22(16-28(23,29)3)19-7-9-24-25(15-19)35-17-34-24/h7,9,11,14-15,21-23,33H,5-6,8,10,13,16-17H2,1-3H3,(H3,30,32,36)/b18-11-,31-14?/t21-,22?,23-,28-,29-/m0/s1. The Balaban J connectivity index is 1.64. The zero-order chi connectivity index (χ0) is 25.5. The lowest BCUT2D eigenvalue weighted by atomic mass is 9.51. The molecule has 190 valence electrons. The number of aliphatic hydroxyl groups is 1. The molecule has 4 aliphatic rings. The van der Waals surface area contributed by atoms with E-state index < -0.39 is 5.60 Å². The molecule has 0 saturated heterocycles. The fraction of sp³-hybridized carbons (Fsp3) is 0.517. The number of nitrogens with two attached hydrogens (primary N) is 1. The summed E-state index contributed by atoms with van der Waals surface area (Å²) in [5.74, 6) is 8.84. The van der Waals surface area contributed by atoms with Gasteiger partial charge in [0.1, 0.15) is 5.60 Å². The van der Waals surface area contributed by atoms with Crippen molar-refractivity contribution < 1.29 is 14.6 Å².